The third-order valence-corrected chi connectivity index (χ3v) is 2.97. The second-order valence-corrected chi connectivity index (χ2v) is 5.06. The third-order valence-electron chi connectivity index (χ3n) is 2.03. The van der Waals surface area contributed by atoms with Crippen molar-refractivity contribution in [2.75, 3.05) is 7.11 Å². The van der Waals surface area contributed by atoms with Gasteiger partial charge >= 0.3 is 27.8 Å². The number of ether oxygens (including phenoxy) is 1. The van der Waals surface area contributed by atoms with Crippen molar-refractivity contribution < 1.29 is 48.5 Å². The lowest BCUT2D eigenvalue weighted by Gasteiger charge is -2.13. The molecule has 0 aliphatic heterocycles. The van der Waals surface area contributed by atoms with Crippen LogP contribution in [0.2, 0.25) is 0 Å². The van der Waals surface area contributed by atoms with Gasteiger partial charge in [-0.1, -0.05) is 0 Å². The number of pyridine rings is 1. The molecular formula is C9H5F6NO5S. The van der Waals surface area contributed by atoms with E-state index < -0.39 is 44.9 Å². The molecule has 0 atom stereocenters. The van der Waals surface area contributed by atoms with Crippen LogP contribution in [-0.2, 0) is 21.0 Å². The maximum absolute atomic E-state index is 12.4. The van der Waals surface area contributed by atoms with Crippen LogP contribution in [0.5, 0.6) is 5.88 Å². The monoisotopic (exact) mass is 353 g/mol. The highest BCUT2D eigenvalue weighted by Gasteiger charge is 2.49. The van der Waals surface area contributed by atoms with Gasteiger partial charge in [0, 0.05) is 0 Å². The molecule has 1 aromatic heterocycles. The zero-order valence-corrected chi connectivity index (χ0v) is 11.1. The molecule has 22 heavy (non-hydrogen) atoms. The minimum absolute atomic E-state index is 0.249. The maximum atomic E-state index is 12.4. The van der Waals surface area contributed by atoms with Crippen molar-refractivity contribution in [1.82, 2.24) is 4.98 Å². The predicted octanol–water partition coefficient (Wildman–Crippen LogP) is 2.12. The molecule has 0 aliphatic rings. The number of hydrogen-bond donors (Lipinski definition) is 0. The molecule has 13 heteroatoms. The van der Waals surface area contributed by atoms with Crippen LogP contribution in [0, 0.1) is 0 Å². The average Bonchev–Trinajstić information content (AvgIpc) is 2.34. The Kier molecular flexibility index (Phi) is 4.60. The molecule has 0 aromatic carbocycles. The molecule has 6 nitrogen and oxygen atoms in total. The Morgan fingerprint density at radius 2 is 1.68 bits per heavy atom. The van der Waals surface area contributed by atoms with E-state index in [1.165, 1.54) is 0 Å². The number of nitrogens with zero attached hydrogens (tertiary/aromatic N) is 1. The summed E-state index contributed by atoms with van der Waals surface area (Å²) in [6.45, 7) is 0. The number of hydrogen-bond acceptors (Lipinski definition) is 6. The van der Waals surface area contributed by atoms with E-state index in [2.05, 4.69) is 13.9 Å². The normalized spacial score (nSPS) is 12.9. The Hall–Kier alpha value is -2.05. The largest absolute Gasteiger partial charge is 0.534 e. The number of carbonyl (C=O) groups excluding carboxylic acids is 1. The van der Waals surface area contributed by atoms with E-state index in [1.54, 1.807) is 0 Å². The highest BCUT2D eigenvalue weighted by Crippen LogP contribution is 2.33. The van der Waals surface area contributed by atoms with Gasteiger partial charge in [-0.25, -0.2) is 9.78 Å². The van der Waals surface area contributed by atoms with E-state index in [-0.39, 0.29) is 6.07 Å². The SMILES string of the molecule is COC(=O)c1ccc(C(F)(F)F)nc1OS(=O)(=O)C(F)(F)F. The van der Waals surface area contributed by atoms with E-state index >= 15 is 0 Å². The van der Waals surface area contributed by atoms with Gasteiger partial charge in [-0.2, -0.15) is 34.8 Å². The Morgan fingerprint density at radius 3 is 2.09 bits per heavy atom. The van der Waals surface area contributed by atoms with E-state index in [0.717, 1.165) is 7.11 Å². The second kappa shape index (κ2) is 5.62. The van der Waals surface area contributed by atoms with E-state index in [1.807, 2.05) is 0 Å². The van der Waals surface area contributed by atoms with E-state index in [4.69, 9.17) is 0 Å². The fourth-order valence-electron chi connectivity index (χ4n) is 1.08. The van der Waals surface area contributed by atoms with Gasteiger partial charge in [-0.15, -0.1) is 0 Å². The van der Waals surface area contributed by atoms with Crippen molar-refractivity contribution in [3.63, 3.8) is 0 Å². The minimum Gasteiger partial charge on any atom is -0.465 e. The fraction of sp³-hybridized carbons (Fsp3) is 0.333. The standard InChI is InChI=1S/C9H5F6NO5S/c1-20-7(17)4-2-3-5(8(10,11)12)16-6(4)21-22(18,19)9(13,14)15/h2-3H,1H3. The lowest BCUT2D eigenvalue weighted by Crippen LogP contribution is -2.29. The van der Waals surface area contributed by atoms with Crippen molar-refractivity contribution in [2.24, 2.45) is 0 Å². The summed E-state index contributed by atoms with van der Waals surface area (Å²) in [5.41, 5.74) is -8.70. The van der Waals surface area contributed by atoms with Crippen molar-refractivity contribution in [2.45, 2.75) is 11.7 Å². The summed E-state index contributed by atoms with van der Waals surface area (Å²) >= 11 is 0. The number of alkyl halides is 6. The van der Waals surface area contributed by atoms with Gasteiger partial charge < -0.3 is 8.92 Å². The molecule has 0 aliphatic carbocycles. The van der Waals surface area contributed by atoms with Crippen LogP contribution in [0.3, 0.4) is 0 Å². The topological polar surface area (TPSA) is 82.6 Å². The first-order chi connectivity index (χ1) is 9.79. The molecule has 0 saturated carbocycles. The molecule has 0 fully saturated rings. The first-order valence-electron chi connectivity index (χ1n) is 4.97. The number of esters is 1. The van der Waals surface area contributed by atoms with E-state index in [0.29, 0.717) is 6.07 Å². The van der Waals surface area contributed by atoms with Crippen LogP contribution >= 0.6 is 0 Å². The van der Waals surface area contributed by atoms with Crippen LogP contribution < -0.4 is 4.18 Å². The first-order valence-corrected chi connectivity index (χ1v) is 6.37. The minimum atomic E-state index is -6.31. The fourth-order valence-corrected chi connectivity index (χ4v) is 1.51. The van der Waals surface area contributed by atoms with Crippen LogP contribution in [0.1, 0.15) is 16.1 Å². The van der Waals surface area contributed by atoms with Gasteiger partial charge in [0.25, 0.3) is 0 Å². The molecule has 0 unspecified atom stereocenters. The number of rotatable bonds is 3. The molecule has 124 valence electrons. The third kappa shape index (κ3) is 3.78. The highest BCUT2D eigenvalue weighted by molar-refractivity contribution is 7.87. The van der Waals surface area contributed by atoms with Gasteiger partial charge in [0.2, 0.25) is 5.88 Å². The molecule has 0 bridgehead atoms. The lowest BCUT2D eigenvalue weighted by molar-refractivity contribution is -0.141. The summed E-state index contributed by atoms with van der Waals surface area (Å²) in [6.07, 6.45) is -5.10. The average molecular weight is 353 g/mol. The van der Waals surface area contributed by atoms with Crippen molar-refractivity contribution in [3.8, 4) is 5.88 Å². The molecule has 1 heterocycles. The van der Waals surface area contributed by atoms with Gasteiger partial charge in [0.15, 0.2) is 0 Å². The molecule has 0 radical (unpaired) electrons. The summed E-state index contributed by atoms with van der Waals surface area (Å²) in [5, 5.41) is 0. The van der Waals surface area contributed by atoms with Crippen LogP contribution in [-0.4, -0.2) is 32.0 Å². The highest BCUT2D eigenvalue weighted by atomic mass is 32.2. The maximum Gasteiger partial charge on any atom is 0.534 e. The van der Waals surface area contributed by atoms with Crippen LogP contribution in [0.15, 0.2) is 12.1 Å². The number of aromatic nitrogens is 1. The Morgan fingerprint density at radius 1 is 1.14 bits per heavy atom. The quantitative estimate of drug-likeness (QED) is 0.358. The molecule has 1 aromatic rings. The molecule has 0 saturated heterocycles. The van der Waals surface area contributed by atoms with Gasteiger partial charge in [0.1, 0.15) is 11.3 Å². The molecular weight excluding hydrogens is 348 g/mol. The summed E-state index contributed by atoms with van der Waals surface area (Å²) in [6, 6.07) is 0.627. The van der Waals surface area contributed by atoms with Crippen molar-refractivity contribution in [3.05, 3.63) is 23.4 Å². The number of halogens is 6. The Bertz CT molecular complexity index is 681. The summed E-state index contributed by atoms with van der Waals surface area (Å²) in [7, 11) is -5.55. The zero-order valence-electron chi connectivity index (χ0n) is 10.3. The molecule has 0 N–H and O–H groups in total. The summed E-state index contributed by atoms with van der Waals surface area (Å²) in [4.78, 5) is 13.8. The Balaban J connectivity index is 3.45. The lowest BCUT2D eigenvalue weighted by atomic mass is 10.2. The smallest absolute Gasteiger partial charge is 0.465 e. The first kappa shape index (κ1) is 18.0. The van der Waals surface area contributed by atoms with Crippen LogP contribution in [0.25, 0.3) is 0 Å². The predicted molar refractivity (Wildman–Crippen MR) is 56.2 cm³/mol. The molecule has 1 rings (SSSR count). The van der Waals surface area contributed by atoms with Crippen molar-refractivity contribution in [1.29, 1.82) is 0 Å². The molecule has 0 spiro atoms. The molecule has 0 amide bonds. The van der Waals surface area contributed by atoms with Crippen LogP contribution in [0.4, 0.5) is 26.3 Å². The van der Waals surface area contributed by atoms with Gasteiger partial charge in [-0.3, -0.25) is 0 Å². The zero-order chi connectivity index (χ0) is 17.3. The summed E-state index contributed by atoms with van der Waals surface area (Å²) in [5.74, 6) is -3.13. The van der Waals surface area contributed by atoms with E-state index in [9.17, 15) is 39.6 Å². The van der Waals surface area contributed by atoms with Crippen molar-refractivity contribution >= 4 is 16.1 Å². The number of carbonyl (C=O) groups is 1. The van der Waals surface area contributed by atoms with Gasteiger partial charge in [-0.05, 0) is 12.1 Å². The Labute approximate surface area is 118 Å². The number of methoxy groups -OCH3 is 1. The second-order valence-electron chi connectivity index (χ2n) is 3.52. The van der Waals surface area contributed by atoms with Gasteiger partial charge in [0.05, 0.1) is 7.11 Å². The summed E-state index contributed by atoms with van der Waals surface area (Å²) < 4.78 is 103.